The molecule has 1 aromatic rings. The maximum Gasteiger partial charge on any atom is 0.324 e. The van der Waals surface area contributed by atoms with Crippen LogP contribution in [-0.4, -0.2) is 11.1 Å². The number of carboxylic acids is 1. The van der Waals surface area contributed by atoms with Gasteiger partial charge in [-0.05, 0) is 24.6 Å². The summed E-state index contributed by atoms with van der Waals surface area (Å²) < 4.78 is 0. The first-order chi connectivity index (χ1) is 6.98. The van der Waals surface area contributed by atoms with E-state index in [0.29, 0.717) is 5.02 Å². The summed E-state index contributed by atoms with van der Waals surface area (Å²) in [4.78, 5) is 10.9. The van der Waals surface area contributed by atoms with Crippen molar-refractivity contribution in [3.05, 3.63) is 34.9 Å². The number of nitriles is 1. The summed E-state index contributed by atoms with van der Waals surface area (Å²) in [6, 6.07) is 8.61. The summed E-state index contributed by atoms with van der Waals surface area (Å²) in [7, 11) is 0. The van der Waals surface area contributed by atoms with Crippen molar-refractivity contribution in [1.82, 2.24) is 0 Å². The third-order valence-corrected chi connectivity index (χ3v) is 2.44. The van der Waals surface area contributed by atoms with E-state index in [4.69, 9.17) is 22.0 Å². The Morgan fingerprint density at radius 1 is 1.53 bits per heavy atom. The smallest absolute Gasteiger partial charge is 0.324 e. The van der Waals surface area contributed by atoms with Crippen molar-refractivity contribution in [1.29, 1.82) is 5.26 Å². The Morgan fingerprint density at radius 3 is 2.47 bits per heavy atom. The Kier molecular flexibility index (Phi) is 3.33. The predicted molar refractivity (Wildman–Crippen MR) is 56.5 cm³/mol. The first kappa shape index (κ1) is 11.5. The van der Waals surface area contributed by atoms with Crippen LogP contribution in [0.1, 0.15) is 12.5 Å². The van der Waals surface area contributed by atoms with Crippen LogP contribution < -0.4 is 0 Å². The second kappa shape index (κ2) is 4.33. The van der Waals surface area contributed by atoms with E-state index in [1.807, 2.05) is 6.07 Å². The molecule has 1 aromatic carbocycles. The van der Waals surface area contributed by atoms with E-state index in [1.165, 1.54) is 6.92 Å². The highest BCUT2D eigenvalue weighted by Crippen LogP contribution is 2.22. The van der Waals surface area contributed by atoms with E-state index >= 15 is 0 Å². The number of benzene rings is 1. The monoisotopic (exact) mass is 223 g/mol. The molecule has 0 heterocycles. The Hall–Kier alpha value is -1.53. The molecule has 0 fully saturated rings. The fourth-order valence-corrected chi connectivity index (χ4v) is 1.30. The van der Waals surface area contributed by atoms with Gasteiger partial charge in [-0.3, -0.25) is 4.79 Å². The van der Waals surface area contributed by atoms with Crippen molar-refractivity contribution < 1.29 is 9.90 Å². The number of halogens is 1. The van der Waals surface area contributed by atoms with Crippen molar-refractivity contribution in [2.24, 2.45) is 5.41 Å². The number of aliphatic carboxylic acids is 1. The summed E-state index contributed by atoms with van der Waals surface area (Å²) in [5, 5.41) is 18.3. The lowest BCUT2D eigenvalue weighted by molar-refractivity contribution is -0.144. The molecule has 1 N–H and O–H groups in total. The van der Waals surface area contributed by atoms with Gasteiger partial charge in [-0.2, -0.15) is 5.26 Å². The SMILES string of the molecule is CC(C#N)(Cc1ccc(Cl)cc1)C(=O)O. The van der Waals surface area contributed by atoms with Crippen LogP contribution in [-0.2, 0) is 11.2 Å². The zero-order chi connectivity index (χ0) is 11.5. The van der Waals surface area contributed by atoms with Gasteiger partial charge in [0.2, 0.25) is 0 Å². The maximum atomic E-state index is 10.9. The Bertz CT molecular complexity index is 408. The van der Waals surface area contributed by atoms with Crippen molar-refractivity contribution in [2.75, 3.05) is 0 Å². The van der Waals surface area contributed by atoms with E-state index in [2.05, 4.69) is 0 Å². The van der Waals surface area contributed by atoms with Crippen LogP contribution in [0.5, 0.6) is 0 Å². The topological polar surface area (TPSA) is 61.1 Å². The van der Waals surface area contributed by atoms with E-state index in [0.717, 1.165) is 5.56 Å². The highest BCUT2D eigenvalue weighted by molar-refractivity contribution is 6.30. The highest BCUT2D eigenvalue weighted by Gasteiger charge is 2.33. The van der Waals surface area contributed by atoms with Crippen molar-refractivity contribution in [2.45, 2.75) is 13.3 Å². The average molecular weight is 224 g/mol. The number of hydrogen-bond donors (Lipinski definition) is 1. The Balaban J connectivity index is 2.90. The third-order valence-electron chi connectivity index (χ3n) is 2.19. The van der Waals surface area contributed by atoms with Gasteiger partial charge >= 0.3 is 5.97 Å². The predicted octanol–water partition coefficient (Wildman–Crippen LogP) is 2.50. The molecule has 0 aliphatic carbocycles. The fraction of sp³-hybridized carbons (Fsp3) is 0.273. The van der Waals surface area contributed by atoms with Gasteiger partial charge in [0.05, 0.1) is 6.07 Å². The molecule has 0 saturated carbocycles. The molecule has 78 valence electrons. The van der Waals surface area contributed by atoms with E-state index < -0.39 is 11.4 Å². The maximum absolute atomic E-state index is 10.9. The molecule has 0 saturated heterocycles. The summed E-state index contributed by atoms with van der Waals surface area (Å²) in [5.41, 5.74) is -0.598. The first-order valence-corrected chi connectivity index (χ1v) is 4.75. The minimum Gasteiger partial charge on any atom is -0.480 e. The standard InChI is InChI=1S/C11H10ClNO2/c1-11(7-13,10(14)15)6-8-2-4-9(12)5-3-8/h2-5H,6H2,1H3,(H,14,15). The van der Waals surface area contributed by atoms with E-state index in [-0.39, 0.29) is 6.42 Å². The van der Waals surface area contributed by atoms with Gasteiger partial charge in [0.15, 0.2) is 5.41 Å². The van der Waals surface area contributed by atoms with E-state index in [9.17, 15) is 4.79 Å². The minimum absolute atomic E-state index is 0.177. The summed E-state index contributed by atoms with van der Waals surface area (Å²) >= 11 is 5.70. The van der Waals surface area contributed by atoms with Gasteiger partial charge < -0.3 is 5.11 Å². The van der Waals surface area contributed by atoms with Gasteiger partial charge in [0, 0.05) is 11.4 Å². The van der Waals surface area contributed by atoms with E-state index in [1.54, 1.807) is 24.3 Å². The van der Waals surface area contributed by atoms with Crippen LogP contribution in [0.15, 0.2) is 24.3 Å². The number of carboxylic acid groups (broad SMARTS) is 1. The van der Waals surface area contributed by atoms with Gasteiger partial charge in [0.25, 0.3) is 0 Å². The molecule has 0 aliphatic heterocycles. The van der Waals surface area contributed by atoms with Crippen molar-refractivity contribution in [3.63, 3.8) is 0 Å². The number of rotatable bonds is 3. The lowest BCUT2D eigenvalue weighted by Gasteiger charge is -2.15. The van der Waals surface area contributed by atoms with Crippen LogP contribution in [0.2, 0.25) is 5.02 Å². The zero-order valence-electron chi connectivity index (χ0n) is 8.20. The molecule has 0 aromatic heterocycles. The average Bonchev–Trinajstić information content (AvgIpc) is 2.21. The van der Waals surface area contributed by atoms with Crippen LogP contribution in [0.3, 0.4) is 0 Å². The molecule has 1 rings (SSSR count). The molecular formula is C11H10ClNO2. The number of hydrogen-bond acceptors (Lipinski definition) is 2. The third kappa shape index (κ3) is 2.71. The molecule has 0 aliphatic rings. The Morgan fingerprint density at radius 2 is 2.07 bits per heavy atom. The quantitative estimate of drug-likeness (QED) is 0.857. The fourth-order valence-electron chi connectivity index (χ4n) is 1.17. The van der Waals surface area contributed by atoms with Crippen molar-refractivity contribution in [3.8, 4) is 6.07 Å². The zero-order valence-corrected chi connectivity index (χ0v) is 8.95. The van der Waals surface area contributed by atoms with Crippen LogP contribution in [0.25, 0.3) is 0 Å². The molecule has 0 spiro atoms. The first-order valence-electron chi connectivity index (χ1n) is 4.37. The molecule has 4 heteroatoms. The van der Waals surface area contributed by atoms with Gasteiger partial charge in [-0.1, -0.05) is 23.7 Å². The molecule has 1 unspecified atom stereocenters. The summed E-state index contributed by atoms with van der Waals surface area (Å²) in [6.07, 6.45) is 0.177. The number of nitrogens with zero attached hydrogens (tertiary/aromatic N) is 1. The van der Waals surface area contributed by atoms with Crippen molar-refractivity contribution >= 4 is 17.6 Å². The normalized spacial score (nSPS) is 13.9. The molecule has 3 nitrogen and oxygen atoms in total. The Labute approximate surface area is 92.9 Å². The van der Waals surface area contributed by atoms with Gasteiger partial charge in [-0.15, -0.1) is 0 Å². The molecule has 0 bridgehead atoms. The molecule has 0 radical (unpaired) electrons. The largest absolute Gasteiger partial charge is 0.480 e. The lowest BCUT2D eigenvalue weighted by Crippen LogP contribution is -2.28. The second-order valence-corrected chi connectivity index (χ2v) is 3.99. The van der Waals surface area contributed by atoms with Gasteiger partial charge in [-0.25, -0.2) is 0 Å². The lowest BCUT2D eigenvalue weighted by atomic mass is 9.85. The number of carbonyl (C=O) groups is 1. The van der Waals surface area contributed by atoms with Crippen LogP contribution in [0.4, 0.5) is 0 Å². The van der Waals surface area contributed by atoms with Crippen LogP contribution in [0, 0.1) is 16.7 Å². The van der Waals surface area contributed by atoms with Crippen LogP contribution >= 0.6 is 11.6 Å². The van der Waals surface area contributed by atoms with Gasteiger partial charge in [0.1, 0.15) is 0 Å². The molecule has 1 atom stereocenters. The highest BCUT2D eigenvalue weighted by atomic mass is 35.5. The molecule has 0 amide bonds. The second-order valence-electron chi connectivity index (χ2n) is 3.55. The summed E-state index contributed by atoms with van der Waals surface area (Å²) in [6.45, 7) is 1.41. The molecular weight excluding hydrogens is 214 g/mol. The molecule has 15 heavy (non-hydrogen) atoms. The summed E-state index contributed by atoms with van der Waals surface area (Å²) in [5.74, 6) is -1.11. The minimum atomic E-state index is -1.38.